The number of hydrogen-bond donors (Lipinski definition) is 1. The number of nitrogens with one attached hydrogen (secondary N) is 1. The first-order valence-corrected chi connectivity index (χ1v) is 4.81. The number of alkyl halides is 1. The van der Waals surface area contributed by atoms with Crippen LogP contribution in [0.4, 0.5) is 0 Å². The van der Waals surface area contributed by atoms with Gasteiger partial charge in [-0.15, -0.1) is 11.6 Å². The van der Waals surface area contributed by atoms with Gasteiger partial charge in [0.25, 0.3) is 0 Å². The van der Waals surface area contributed by atoms with E-state index in [0.717, 1.165) is 19.5 Å². The van der Waals surface area contributed by atoms with Crippen LogP contribution in [0.2, 0.25) is 0 Å². The van der Waals surface area contributed by atoms with Crippen LogP contribution in [0.5, 0.6) is 0 Å². The third-order valence-corrected chi connectivity index (χ3v) is 2.62. The highest BCUT2D eigenvalue weighted by Crippen LogP contribution is 2.16. The van der Waals surface area contributed by atoms with Gasteiger partial charge in [0.1, 0.15) is 0 Å². The Balaban J connectivity index is 2.36. The third-order valence-electron chi connectivity index (χ3n) is 2.31. The van der Waals surface area contributed by atoms with Crippen molar-refractivity contribution in [1.29, 1.82) is 0 Å². The molecule has 0 atom stereocenters. The molecular formula is C10H12ClN. The maximum atomic E-state index is 5.75. The molecule has 0 aromatic heterocycles. The van der Waals surface area contributed by atoms with Crippen molar-refractivity contribution in [2.45, 2.75) is 18.8 Å². The highest BCUT2D eigenvalue weighted by Gasteiger charge is 2.07. The maximum absolute atomic E-state index is 5.75. The molecule has 1 nitrogen and oxygen atoms in total. The highest BCUT2D eigenvalue weighted by molar-refractivity contribution is 6.17. The van der Waals surface area contributed by atoms with Crippen molar-refractivity contribution >= 4 is 11.6 Å². The molecule has 64 valence electrons. The lowest BCUT2D eigenvalue weighted by molar-refractivity contribution is 0.643. The van der Waals surface area contributed by atoms with Crippen LogP contribution in [0.1, 0.15) is 16.7 Å². The van der Waals surface area contributed by atoms with E-state index in [9.17, 15) is 0 Å². The minimum atomic E-state index is 0.626. The third kappa shape index (κ3) is 1.47. The fourth-order valence-corrected chi connectivity index (χ4v) is 1.78. The summed E-state index contributed by atoms with van der Waals surface area (Å²) in [6, 6.07) is 6.52. The van der Waals surface area contributed by atoms with E-state index in [1.165, 1.54) is 16.7 Å². The van der Waals surface area contributed by atoms with Crippen molar-refractivity contribution in [3.05, 3.63) is 34.9 Å². The first-order valence-electron chi connectivity index (χ1n) is 4.27. The second kappa shape index (κ2) is 3.46. The van der Waals surface area contributed by atoms with Crippen LogP contribution in [0, 0.1) is 0 Å². The van der Waals surface area contributed by atoms with Crippen molar-refractivity contribution < 1.29 is 0 Å². The van der Waals surface area contributed by atoms with Crippen LogP contribution >= 0.6 is 11.6 Å². The van der Waals surface area contributed by atoms with Crippen LogP contribution in [0.25, 0.3) is 0 Å². The molecule has 1 N–H and O–H groups in total. The zero-order valence-corrected chi connectivity index (χ0v) is 7.69. The van der Waals surface area contributed by atoms with Crippen molar-refractivity contribution in [3.63, 3.8) is 0 Å². The number of halogens is 1. The lowest BCUT2D eigenvalue weighted by atomic mass is 9.99. The molecule has 0 saturated heterocycles. The lowest BCUT2D eigenvalue weighted by Crippen LogP contribution is -2.23. The molecule has 0 radical (unpaired) electrons. The Kier molecular flexibility index (Phi) is 2.33. The molecular weight excluding hydrogens is 170 g/mol. The Bertz CT molecular complexity index is 283. The van der Waals surface area contributed by atoms with Gasteiger partial charge >= 0.3 is 0 Å². The molecule has 0 spiro atoms. The smallest absolute Gasteiger partial charge is 0.0474 e. The van der Waals surface area contributed by atoms with E-state index in [1.807, 2.05) is 0 Å². The Labute approximate surface area is 77.7 Å². The second-order valence-electron chi connectivity index (χ2n) is 3.16. The van der Waals surface area contributed by atoms with Gasteiger partial charge in [0.05, 0.1) is 0 Å². The summed E-state index contributed by atoms with van der Waals surface area (Å²) < 4.78 is 0. The molecule has 2 rings (SSSR count). The van der Waals surface area contributed by atoms with E-state index in [1.54, 1.807) is 0 Å². The largest absolute Gasteiger partial charge is 0.312 e. The van der Waals surface area contributed by atoms with Gasteiger partial charge in [0, 0.05) is 12.4 Å². The lowest BCUT2D eigenvalue weighted by Gasteiger charge is -2.17. The summed E-state index contributed by atoms with van der Waals surface area (Å²) in [7, 11) is 0. The van der Waals surface area contributed by atoms with Gasteiger partial charge in [0.2, 0.25) is 0 Å². The summed E-state index contributed by atoms with van der Waals surface area (Å²) in [6.45, 7) is 2.11. The van der Waals surface area contributed by atoms with Gasteiger partial charge in [0.15, 0.2) is 0 Å². The molecule has 0 saturated carbocycles. The fourth-order valence-electron chi connectivity index (χ4n) is 1.61. The summed E-state index contributed by atoms with van der Waals surface area (Å²) in [5, 5.41) is 3.35. The summed E-state index contributed by atoms with van der Waals surface area (Å²) in [4.78, 5) is 0. The van der Waals surface area contributed by atoms with Gasteiger partial charge in [-0.3, -0.25) is 0 Å². The van der Waals surface area contributed by atoms with Crippen molar-refractivity contribution in [2.75, 3.05) is 6.54 Å². The van der Waals surface area contributed by atoms with Crippen LogP contribution in [-0.4, -0.2) is 6.54 Å². The summed E-state index contributed by atoms with van der Waals surface area (Å²) >= 11 is 5.75. The van der Waals surface area contributed by atoms with Gasteiger partial charge in [-0.05, 0) is 29.7 Å². The Morgan fingerprint density at radius 1 is 1.33 bits per heavy atom. The number of rotatable bonds is 1. The molecule has 0 unspecified atom stereocenters. The zero-order chi connectivity index (χ0) is 8.39. The predicted octanol–water partition coefficient (Wildman–Crippen LogP) is 2.07. The van der Waals surface area contributed by atoms with Gasteiger partial charge < -0.3 is 5.32 Å². The van der Waals surface area contributed by atoms with Gasteiger partial charge in [-0.2, -0.15) is 0 Å². The minimum absolute atomic E-state index is 0.626. The first kappa shape index (κ1) is 8.09. The van der Waals surface area contributed by atoms with Crippen LogP contribution in [-0.2, 0) is 18.8 Å². The summed E-state index contributed by atoms with van der Waals surface area (Å²) in [5.74, 6) is 0.626. The molecule has 0 bridgehead atoms. The molecule has 1 aliphatic heterocycles. The molecule has 0 amide bonds. The summed E-state index contributed by atoms with van der Waals surface area (Å²) in [5.41, 5.74) is 4.12. The van der Waals surface area contributed by atoms with Gasteiger partial charge in [-0.1, -0.05) is 18.2 Å². The first-order chi connectivity index (χ1) is 5.90. The fraction of sp³-hybridized carbons (Fsp3) is 0.400. The zero-order valence-electron chi connectivity index (χ0n) is 6.94. The molecule has 1 aromatic rings. The van der Waals surface area contributed by atoms with Crippen LogP contribution in [0.3, 0.4) is 0 Å². The monoisotopic (exact) mass is 181 g/mol. The molecule has 1 aromatic carbocycles. The Morgan fingerprint density at radius 3 is 3.08 bits per heavy atom. The van der Waals surface area contributed by atoms with E-state index in [2.05, 4.69) is 23.5 Å². The molecule has 0 aliphatic carbocycles. The van der Waals surface area contributed by atoms with Crippen molar-refractivity contribution in [2.24, 2.45) is 0 Å². The predicted molar refractivity (Wildman–Crippen MR) is 51.4 cm³/mol. The van der Waals surface area contributed by atoms with E-state index in [0.29, 0.717) is 5.88 Å². The normalized spacial score (nSPS) is 15.8. The Morgan fingerprint density at radius 2 is 2.25 bits per heavy atom. The molecule has 1 aliphatic rings. The quantitative estimate of drug-likeness (QED) is 0.655. The van der Waals surface area contributed by atoms with Gasteiger partial charge in [-0.25, -0.2) is 0 Å². The average Bonchev–Trinajstić information content (AvgIpc) is 2.17. The number of fused-ring (bicyclic) bond motifs is 1. The van der Waals surface area contributed by atoms with Crippen LogP contribution < -0.4 is 5.32 Å². The summed E-state index contributed by atoms with van der Waals surface area (Å²) in [6.07, 6.45) is 1.14. The molecule has 12 heavy (non-hydrogen) atoms. The number of hydrogen-bond acceptors (Lipinski definition) is 1. The molecule has 2 heteroatoms. The Hall–Kier alpha value is -0.530. The maximum Gasteiger partial charge on any atom is 0.0474 e. The van der Waals surface area contributed by atoms with E-state index in [-0.39, 0.29) is 0 Å². The van der Waals surface area contributed by atoms with Crippen molar-refractivity contribution in [1.82, 2.24) is 5.32 Å². The molecule has 1 heterocycles. The minimum Gasteiger partial charge on any atom is -0.312 e. The second-order valence-corrected chi connectivity index (χ2v) is 3.43. The average molecular weight is 182 g/mol. The molecule has 0 fully saturated rings. The van der Waals surface area contributed by atoms with Crippen LogP contribution in [0.15, 0.2) is 18.2 Å². The highest BCUT2D eigenvalue weighted by atomic mass is 35.5. The van der Waals surface area contributed by atoms with E-state index in [4.69, 9.17) is 11.6 Å². The number of benzene rings is 1. The van der Waals surface area contributed by atoms with Crippen molar-refractivity contribution in [3.8, 4) is 0 Å². The SMILES string of the molecule is ClCc1ccc2c(c1)CCNC2. The van der Waals surface area contributed by atoms with E-state index >= 15 is 0 Å². The van der Waals surface area contributed by atoms with E-state index < -0.39 is 0 Å². The standard InChI is InChI=1S/C10H12ClN/c11-6-8-1-2-10-7-12-4-3-9(10)5-8/h1-2,5,12H,3-4,6-7H2. The topological polar surface area (TPSA) is 12.0 Å².